The largest absolute Gasteiger partial charge is 0.379 e. The Labute approximate surface area is 212 Å². The number of aromatic nitrogens is 5. The lowest BCUT2D eigenvalue weighted by Crippen LogP contribution is -2.38. The van der Waals surface area contributed by atoms with E-state index in [2.05, 4.69) is 62.4 Å². The van der Waals surface area contributed by atoms with E-state index in [4.69, 9.17) is 4.74 Å². The van der Waals surface area contributed by atoms with Gasteiger partial charge in [-0.15, -0.1) is 5.10 Å². The number of pyridine rings is 1. The van der Waals surface area contributed by atoms with Gasteiger partial charge in [0.25, 0.3) is 5.56 Å². The van der Waals surface area contributed by atoms with Crippen LogP contribution in [0.25, 0.3) is 10.9 Å². The molecule has 1 aliphatic heterocycles. The highest BCUT2D eigenvalue weighted by Gasteiger charge is 2.22. The molecule has 0 radical (unpaired) electrons. The van der Waals surface area contributed by atoms with Crippen LogP contribution in [-0.4, -0.2) is 74.4 Å². The molecule has 0 unspecified atom stereocenters. The van der Waals surface area contributed by atoms with Crippen molar-refractivity contribution in [3.05, 3.63) is 51.1 Å². The molecule has 0 atom stereocenters. The van der Waals surface area contributed by atoms with Crippen molar-refractivity contribution in [2.24, 2.45) is 0 Å². The van der Waals surface area contributed by atoms with Gasteiger partial charge in [0.2, 0.25) is 0 Å². The Morgan fingerprint density at radius 2 is 1.92 bits per heavy atom. The van der Waals surface area contributed by atoms with E-state index in [1.807, 2.05) is 4.68 Å². The summed E-state index contributed by atoms with van der Waals surface area (Å²) >= 11 is 0. The normalized spacial score (nSPS) is 17.9. The Bertz CT molecular complexity index is 1210. The molecule has 0 spiro atoms. The highest BCUT2D eigenvalue weighted by atomic mass is 16.5. The molecule has 2 fully saturated rings. The van der Waals surface area contributed by atoms with Crippen LogP contribution in [0.1, 0.15) is 67.1 Å². The Hall–Kier alpha value is -2.62. The zero-order valence-electron chi connectivity index (χ0n) is 21.7. The zero-order chi connectivity index (χ0) is 24.9. The molecule has 9 nitrogen and oxygen atoms in total. The second kappa shape index (κ2) is 11.6. The predicted molar refractivity (Wildman–Crippen MR) is 140 cm³/mol. The van der Waals surface area contributed by atoms with Crippen molar-refractivity contribution in [1.82, 2.24) is 35.0 Å². The van der Waals surface area contributed by atoms with E-state index in [1.54, 1.807) is 0 Å². The lowest BCUT2D eigenvalue weighted by molar-refractivity contribution is 0.0358. The number of hydrogen-bond donors (Lipinski definition) is 1. The molecule has 3 aromatic rings. The third kappa shape index (κ3) is 5.85. The standard InChI is InChI=1S/C27H39N7O2/c1-20-9-10-22-17-23(27(35)28-26(22)21(20)2)18-33(12-6-11-32-13-15-36-16-14-32)19-25-29-30-31-34(25)24-7-4-3-5-8-24/h9-10,17,24H,3-8,11-16,18-19H2,1-2H3,(H,28,35). The van der Waals surface area contributed by atoms with E-state index in [-0.39, 0.29) is 5.56 Å². The van der Waals surface area contributed by atoms with Crippen LogP contribution < -0.4 is 5.56 Å². The topological polar surface area (TPSA) is 92.2 Å². The van der Waals surface area contributed by atoms with Crippen molar-refractivity contribution in [1.29, 1.82) is 0 Å². The minimum atomic E-state index is -0.0127. The molecular weight excluding hydrogens is 454 g/mol. The van der Waals surface area contributed by atoms with Gasteiger partial charge in [-0.1, -0.05) is 31.4 Å². The van der Waals surface area contributed by atoms with Gasteiger partial charge in [0.05, 0.1) is 31.3 Å². The quantitative estimate of drug-likeness (QED) is 0.489. The van der Waals surface area contributed by atoms with Gasteiger partial charge in [-0.2, -0.15) is 0 Å². The number of H-pyrrole nitrogens is 1. The van der Waals surface area contributed by atoms with Crippen molar-refractivity contribution < 1.29 is 4.74 Å². The van der Waals surface area contributed by atoms with Crippen LogP contribution in [0.4, 0.5) is 0 Å². The highest BCUT2D eigenvalue weighted by molar-refractivity contribution is 5.83. The number of benzene rings is 1. The summed E-state index contributed by atoms with van der Waals surface area (Å²) in [6.45, 7) is 10.8. The third-order valence-corrected chi connectivity index (χ3v) is 7.92. The van der Waals surface area contributed by atoms with E-state index >= 15 is 0 Å². The molecule has 1 aliphatic carbocycles. The average molecular weight is 494 g/mol. The molecule has 194 valence electrons. The second-order valence-electron chi connectivity index (χ2n) is 10.4. The van der Waals surface area contributed by atoms with E-state index in [0.717, 1.165) is 86.5 Å². The number of ether oxygens (including phenoxy) is 1. The Morgan fingerprint density at radius 3 is 2.72 bits per heavy atom. The maximum Gasteiger partial charge on any atom is 0.252 e. The summed E-state index contributed by atoms with van der Waals surface area (Å²) in [6.07, 6.45) is 7.06. The number of nitrogens with one attached hydrogen (secondary N) is 1. The van der Waals surface area contributed by atoms with Crippen molar-refractivity contribution in [3.8, 4) is 0 Å². The van der Waals surface area contributed by atoms with Gasteiger partial charge in [0.15, 0.2) is 5.82 Å². The molecule has 9 heteroatoms. The number of aromatic amines is 1. The Balaban J connectivity index is 1.35. The van der Waals surface area contributed by atoms with Crippen molar-refractivity contribution in [2.75, 3.05) is 39.4 Å². The average Bonchev–Trinajstić information content (AvgIpc) is 3.36. The van der Waals surface area contributed by atoms with Crippen LogP contribution in [0.3, 0.4) is 0 Å². The van der Waals surface area contributed by atoms with Crippen LogP contribution in [0.15, 0.2) is 23.0 Å². The molecule has 0 amide bonds. The minimum Gasteiger partial charge on any atom is -0.379 e. The van der Waals surface area contributed by atoms with E-state index in [1.165, 1.54) is 24.8 Å². The number of morpholine rings is 1. The first-order chi connectivity index (χ1) is 17.6. The summed E-state index contributed by atoms with van der Waals surface area (Å²) in [6, 6.07) is 6.66. The SMILES string of the molecule is Cc1ccc2cc(CN(CCCN3CCOCC3)Cc3nnnn3C3CCCCC3)c(=O)[nH]c2c1C. The highest BCUT2D eigenvalue weighted by Crippen LogP contribution is 2.28. The summed E-state index contributed by atoms with van der Waals surface area (Å²) in [5, 5.41) is 13.9. The first-order valence-corrected chi connectivity index (χ1v) is 13.5. The fraction of sp³-hybridized carbons (Fsp3) is 0.630. The Morgan fingerprint density at radius 1 is 1.11 bits per heavy atom. The van der Waals surface area contributed by atoms with Crippen molar-refractivity contribution in [2.45, 2.75) is 71.5 Å². The van der Waals surface area contributed by atoms with E-state index in [0.29, 0.717) is 19.1 Å². The molecular formula is C27H39N7O2. The first kappa shape index (κ1) is 25.0. The van der Waals surface area contributed by atoms with Gasteiger partial charge in [-0.25, -0.2) is 4.68 Å². The van der Waals surface area contributed by atoms with Crippen LogP contribution in [0.2, 0.25) is 0 Å². The smallest absolute Gasteiger partial charge is 0.252 e. The summed E-state index contributed by atoms with van der Waals surface area (Å²) < 4.78 is 7.54. The number of hydrogen-bond acceptors (Lipinski definition) is 7. The monoisotopic (exact) mass is 493 g/mol. The molecule has 3 heterocycles. The molecule has 1 saturated heterocycles. The second-order valence-corrected chi connectivity index (χ2v) is 10.4. The van der Waals surface area contributed by atoms with Crippen LogP contribution in [0, 0.1) is 13.8 Å². The summed E-state index contributed by atoms with van der Waals surface area (Å²) in [5.74, 6) is 0.900. The maximum absolute atomic E-state index is 13.1. The molecule has 2 aromatic heterocycles. The first-order valence-electron chi connectivity index (χ1n) is 13.5. The van der Waals surface area contributed by atoms with Crippen molar-refractivity contribution in [3.63, 3.8) is 0 Å². The summed E-state index contributed by atoms with van der Waals surface area (Å²) in [5.41, 5.74) is 4.02. The molecule has 1 N–H and O–H groups in total. The van der Waals surface area contributed by atoms with Crippen LogP contribution in [-0.2, 0) is 17.8 Å². The molecule has 1 aromatic carbocycles. The number of nitrogens with zero attached hydrogens (tertiary/aromatic N) is 6. The molecule has 0 bridgehead atoms. The van der Waals surface area contributed by atoms with Crippen molar-refractivity contribution >= 4 is 10.9 Å². The van der Waals surface area contributed by atoms with Gasteiger partial charge >= 0.3 is 0 Å². The fourth-order valence-corrected chi connectivity index (χ4v) is 5.61. The number of fused-ring (bicyclic) bond motifs is 1. The number of rotatable bonds is 9. The van der Waals surface area contributed by atoms with E-state index < -0.39 is 0 Å². The lowest BCUT2D eigenvalue weighted by Gasteiger charge is -2.28. The van der Waals surface area contributed by atoms with Gasteiger partial charge in [0.1, 0.15) is 0 Å². The maximum atomic E-state index is 13.1. The molecule has 2 aliphatic rings. The fourth-order valence-electron chi connectivity index (χ4n) is 5.61. The Kier molecular flexibility index (Phi) is 8.09. The van der Waals surface area contributed by atoms with Gasteiger partial charge < -0.3 is 9.72 Å². The summed E-state index contributed by atoms with van der Waals surface area (Å²) in [4.78, 5) is 21.1. The molecule has 1 saturated carbocycles. The van der Waals surface area contributed by atoms with Gasteiger partial charge in [-0.3, -0.25) is 14.6 Å². The zero-order valence-corrected chi connectivity index (χ0v) is 21.7. The molecule has 5 rings (SSSR count). The number of aryl methyl sites for hydroxylation is 2. The number of tetrazole rings is 1. The van der Waals surface area contributed by atoms with Gasteiger partial charge in [0, 0.05) is 31.7 Å². The minimum absolute atomic E-state index is 0.0127. The van der Waals surface area contributed by atoms with Crippen LogP contribution in [0.5, 0.6) is 0 Å². The summed E-state index contributed by atoms with van der Waals surface area (Å²) in [7, 11) is 0. The predicted octanol–water partition coefficient (Wildman–Crippen LogP) is 3.36. The third-order valence-electron chi connectivity index (χ3n) is 7.92. The molecule has 36 heavy (non-hydrogen) atoms. The van der Waals surface area contributed by atoms with Crippen LogP contribution >= 0.6 is 0 Å². The van der Waals surface area contributed by atoms with E-state index in [9.17, 15) is 4.79 Å². The van der Waals surface area contributed by atoms with Gasteiger partial charge in [-0.05, 0) is 72.7 Å². The lowest BCUT2D eigenvalue weighted by atomic mass is 9.95.